The van der Waals surface area contributed by atoms with Crippen LogP contribution >= 0.6 is 11.3 Å². The number of hydrogen-bond donors (Lipinski definition) is 0. The largest absolute Gasteiger partial charge is 0.457 e. The van der Waals surface area contributed by atoms with Gasteiger partial charge >= 0.3 is 5.97 Å². The average molecular weight is 263 g/mol. The Morgan fingerprint density at radius 2 is 2.17 bits per heavy atom. The van der Waals surface area contributed by atoms with Crippen LogP contribution in [0, 0.1) is 10.1 Å². The van der Waals surface area contributed by atoms with Crippen LogP contribution < -0.4 is 0 Å². The van der Waals surface area contributed by atoms with Gasteiger partial charge in [0.15, 0.2) is 0 Å². The third-order valence-corrected chi connectivity index (χ3v) is 3.06. The quantitative estimate of drug-likeness (QED) is 0.483. The minimum atomic E-state index is -0.482. The van der Waals surface area contributed by atoms with Crippen molar-refractivity contribution in [3.63, 3.8) is 0 Å². The van der Waals surface area contributed by atoms with Gasteiger partial charge < -0.3 is 4.74 Å². The predicted molar refractivity (Wildman–Crippen MR) is 66.5 cm³/mol. The zero-order chi connectivity index (χ0) is 13.0. The molecule has 0 aliphatic carbocycles. The van der Waals surface area contributed by atoms with Crippen LogP contribution in [0.4, 0.5) is 5.69 Å². The van der Waals surface area contributed by atoms with Crippen LogP contribution in [0.3, 0.4) is 0 Å². The lowest BCUT2D eigenvalue weighted by Crippen LogP contribution is -2.03. The van der Waals surface area contributed by atoms with E-state index >= 15 is 0 Å². The molecule has 2 aromatic rings. The van der Waals surface area contributed by atoms with Gasteiger partial charge in [0, 0.05) is 12.1 Å². The maximum Gasteiger partial charge on any atom is 0.348 e. The van der Waals surface area contributed by atoms with Crippen molar-refractivity contribution in [2.75, 3.05) is 0 Å². The molecule has 0 atom stereocenters. The molecule has 6 heteroatoms. The third-order valence-electron chi connectivity index (χ3n) is 2.21. The van der Waals surface area contributed by atoms with E-state index in [4.69, 9.17) is 4.74 Å². The lowest BCUT2D eigenvalue weighted by molar-refractivity contribution is -0.384. The number of carbonyl (C=O) groups excluding carboxylic acids is 1. The highest BCUT2D eigenvalue weighted by atomic mass is 32.1. The number of nitrogens with zero attached hydrogens (tertiary/aromatic N) is 1. The zero-order valence-corrected chi connectivity index (χ0v) is 10.1. The molecule has 2 rings (SSSR count). The lowest BCUT2D eigenvalue weighted by atomic mass is 10.2. The van der Waals surface area contributed by atoms with Gasteiger partial charge in [0.25, 0.3) is 5.69 Å². The molecular formula is C12H9NO4S. The number of nitro groups is 1. The van der Waals surface area contributed by atoms with Gasteiger partial charge in [0.2, 0.25) is 0 Å². The number of non-ortho nitro benzene ring substituents is 1. The Balaban J connectivity index is 2.00. The molecule has 0 spiro atoms. The van der Waals surface area contributed by atoms with Crippen molar-refractivity contribution in [2.45, 2.75) is 6.61 Å². The van der Waals surface area contributed by atoms with Crippen molar-refractivity contribution in [2.24, 2.45) is 0 Å². The molecule has 0 aliphatic rings. The number of esters is 1. The van der Waals surface area contributed by atoms with Crippen LogP contribution in [0.15, 0.2) is 41.8 Å². The third kappa shape index (κ3) is 2.92. The van der Waals surface area contributed by atoms with E-state index in [1.54, 1.807) is 29.6 Å². The van der Waals surface area contributed by atoms with Gasteiger partial charge in [-0.15, -0.1) is 11.3 Å². The fourth-order valence-corrected chi connectivity index (χ4v) is 1.99. The Hall–Kier alpha value is -2.21. The van der Waals surface area contributed by atoms with Crippen LogP contribution in [0.25, 0.3) is 0 Å². The van der Waals surface area contributed by atoms with E-state index in [0.29, 0.717) is 10.4 Å². The number of ether oxygens (including phenoxy) is 1. The van der Waals surface area contributed by atoms with Gasteiger partial charge in [0.1, 0.15) is 11.5 Å². The average Bonchev–Trinajstić information content (AvgIpc) is 2.90. The second-order valence-electron chi connectivity index (χ2n) is 3.48. The first-order valence-electron chi connectivity index (χ1n) is 5.11. The molecule has 0 fully saturated rings. The van der Waals surface area contributed by atoms with Crippen LogP contribution in [-0.2, 0) is 11.3 Å². The summed E-state index contributed by atoms with van der Waals surface area (Å²) in [5.74, 6) is -0.420. The molecule has 0 bridgehead atoms. The summed E-state index contributed by atoms with van der Waals surface area (Å²) in [6.07, 6.45) is 0. The van der Waals surface area contributed by atoms with Crippen LogP contribution in [0.5, 0.6) is 0 Å². The molecule has 0 saturated heterocycles. The summed E-state index contributed by atoms with van der Waals surface area (Å²) in [6, 6.07) is 9.45. The molecule has 92 valence electrons. The normalized spacial score (nSPS) is 10.0. The van der Waals surface area contributed by atoms with Crippen molar-refractivity contribution in [1.29, 1.82) is 0 Å². The minimum absolute atomic E-state index is 0.0142. The van der Waals surface area contributed by atoms with Gasteiger partial charge in [-0.1, -0.05) is 18.2 Å². The maximum absolute atomic E-state index is 11.6. The number of benzene rings is 1. The van der Waals surface area contributed by atoms with E-state index in [-0.39, 0.29) is 12.3 Å². The van der Waals surface area contributed by atoms with E-state index in [1.807, 2.05) is 0 Å². The smallest absolute Gasteiger partial charge is 0.348 e. The Morgan fingerprint density at radius 1 is 1.33 bits per heavy atom. The van der Waals surface area contributed by atoms with E-state index in [2.05, 4.69) is 0 Å². The summed E-state index contributed by atoms with van der Waals surface area (Å²) in [5, 5.41) is 12.4. The summed E-state index contributed by atoms with van der Waals surface area (Å²) in [7, 11) is 0. The Bertz CT molecular complexity index is 565. The Kier molecular flexibility index (Phi) is 3.69. The van der Waals surface area contributed by atoms with Crippen molar-refractivity contribution in [3.8, 4) is 0 Å². The zero-order valence-electron chi connectivity index (χ0n) is 9.24. The van der Waals surface area contributed by atoms with E-state index in [1.165, 1.54) is 23.5 Å². The van der Waals surface area contributed by atoms with E-state index in [9.17, 15) is 14.9 Å². The molecule has 0 N–H and O–H groups in total. The van der Waals surface area contributed by atoms with Crippen LogP contribution in [-0.4, -0.2) is 10.9 Å². The highest BCUT2D eigenvalue weighted by molar-refractivity contribution is 7.11. The predicted octanol–water partition coefficient (Wildman–Crippen LogP) is 3.01. The summed E-state index contributed by atoms with van der Waals surface area (Å²) < 4.78 is 5.06. The van der Waals surface area contributed by atoms with Crippen molar-refractivity contribution < 1.29 is 14.5 Å². The molecule has 5 nitrogen and oxygen atoms in total. The standard InChI is InChI=1S/C12H9NO4S/c14-12(11-5-2-6-18-11)17-8-9-3-1-4-10(7-9)13(15)16/h1-7H,8H2. The Labute approximate surface area is 107 Å². The molecule has 0 amide bonds. The summed E-state index contributed by atoms with van der Waals surface area (Å²) in [4.78, 5) is 22.2. The highest BCUT2D eigenvalue weighted by Gasteiger charge is 2.10. The first kappa shape index (κ1) is 12.3. The molecule has 0 aliphatic heterocycles. The fraction of sp³-hybridized carbons (Fsp3) is 0.0833. The van der Waals surface area contributed by atoms with Gasteiger partial charge in [-0.2, -0.15) is 0 Å². The first-order chi connectivity index (χ1) is 8.66. The number of carbonyl (C=O) groups is 1. The number of thiophene rings is 1. The molecule has 0 radical (unpaired) electrons. The van der Waals surface area contributed by atoms with Crippen LogP contribution in [0.2, 0.25) is 0 Å². The number of nitro benzene ring substituents is 1. The summed E-state index contributed by atoms with van der Waals surface area (Å²) in [5.41, 5.74) is 0.578. The second-order valence-corrected chi connectivity index (χ2v) is 4.43. The van der Waals surface area contributed by atoms with Crippen molar-refractivity contribution in [3.05, 3.63) is 62.3 Å². The number of hydrogen-bond acceptors (Lipinski definition) is 5. The molecule has 0 unspecified atom stereocenters. The molecular weight excluding hydrogens is 254 g/mol. The molecule has 1 aromatic heterocycles. The topological polar surface area (TPSA) is 69.4 Å². The molecule has 1 heterocycles. The second kappa shape index (κ2) is 5.42. The van der Waals surface area contributed by atoms with Gasteiger partial charge in [-0.25, -0.2) is 4.79 Å². The van der Waals surface area contributed by atoms with E-state index in [0.717, 1.165) is 0 Å². The Morgan fingerprint density at radius 3 is 2.83 bits per heavy atom. The van der Waals surface area contributed by atoms with E-state index < -0.39 is 10.9 Å². The first-order valence-corrected chi connectivity index (χ1v) is 5.99. The monoisotopic (exact) mass is 263 g/mol. The highest BCUT2D eigenvalue weighted by Crippen LogP contribution is 2.15. The van der Waals surface area contributed by atoms with Gasteiger partial charge in [-0.05, 0) is 17.0 Å². The number of rotatable bonds is 4. The van der Waals surface area contributed by atoms with Crippen molar-refractivity contribution >= 4 is 23.0 Å². The van der Waals surface area contributed by atoms with Crippen molar-refractivity contribution in [1.82, 2.24) is 0 Å². The fourth-order valence-electron chi connectivity index (χ4n) is 1.37. The maximum atomic E-state index is 11.6. The SMILES string of the molecule is O=C(OCc1cccc([N+](=O)[O-])c1)c1cccs1. The molecule has 18 heavy (non-hydrogen) atoms. The molecule has 0 saturated carbocycles. The molecule has 1 aromatic carbocycles. The minimum Gasteiger partial charge on any atom is -0.457 e. The lowest BCUT2D eigenvalue weighted by Gasteiger charge is -2.03. The van der Waals surface area contributed by atoms with Gasteiger partial charge in [0.05, 0.1) is 4.92 Å². The van der Waals surface area contributed by atoms with Crippen LogP contribution in [0.1, 0.15) is 15.2 Å². The van der Waals surface area contributed by atoms with Gasteiger partial charge in [-0.3, -0.25) is 10.1 Å². The summed E-state index contributed by atoms with van der Waals surface area (Å²) >= 11 is 1.29. The summed E-state index contributed by atoms with van der Waals surface area (Å²) in [6.45, 7) is 0.0262.